The quantitative estimate of drug-likeness (QED) is 0.736. The Kier molecular flexibility index (Phi) is 3.39. The van der Waals surface area contributed by atoms with Crippen LogP contribution in [0.3, 0.4) is 0 Å². The first-order valence-electron chi connectivity index (χ1n) is 5.08. The third kappa shape index (κ3) is 2.70. The molecule has 2 heteroatoms. The number of rotatable bonds is 2. The van der Waals surface area contributed by atoms with Crippen LogP contribution in [-0.4, -0.2) is 20.7 Å². The van der Waals surface area contributed by atoms with Gasteiger partial charge in [0.2, 0.25) is 0 Å². The maximum atomic E-state index is 11.3. The molecule has 1 saturated carbocycles. The number of hydrogen-bond acceptors (Lipinski definition) is 1. The van der Waals surface area contributed by atoms with E-state index in [0.717, 1.165) is 19.3 Å². The van der Waals surface area contributed by atoms with Gasteiger partial charge in [0.15, 0.2) is 0 Å². The molecule has 0 bridgehead atoms. The number of carbonyl (C=O) groups excluding carboxylic acids is 1. The zero-order valence-corrected chi connectivity index (χ0v) is 9.82. The van der Waals surface area contributed by atoms with Crippen LogP contribution in [0.5, 0.6) is 0 Å². The van der Waals surface area contributed by atoms with Crippen molar-refractivity contribution in [2.45, 2.75) is 30.5 Å². The summed E-state index contributed by atoms with van der Waals surface area (Å²) in [6, 6.07) is 10.6. The molecule has 1 fully saturated rings. The van der Waals surface area contributed by atoms with E-state index in [2.05, 4.69) is 24.3 Å². The molecular weight excluding hydrogens is 239 g/mol. The van der Waals surface area contributed by atoms with E-state index in [1.54, 1.807) is 0 Å². The van der Waals surface area contributed by atoms with Crippen molar-refractivity contribution in [1.82, 2.24) is 0 Å². The molecule has 0 radical (unpaired) electrons. The van der Waals surface area contributed by atoms with E-state index in [9.17, 15) is 4.79 Å². The van der Waals surface area contributed by atoms with E-state index < -0.39 is 0 Å². The van der Waals surface area contributed by atoms with Gasteiger partial charge in [-0.3, -0.25) is 0 Å². The molecule has 0 heterocycles. The Morgan fingerprint density at radius 2 is 2.00 bits per heavy atom. The predicted octanol–water partition coefficient (Wildman–Crippen LogP) is 1.95. The van der Waals surface area contributed by atoms with Crippen molar-refractivity contribution in [2.24, 2.45) is 0 Å². The van der Waals surface area contributed by atoms with Gasteiger partial charge in [-0.15, -0.1) is 0 Å². The molecule has 1 aromatic carbocycles. The first-order chi connectivity index (χ1) is 6.84. The molecule has 1 atom stereocenters. The van der Waals surface area contributed by atoms with Crippen LogP contribution >= 0.6 is 0 Å². The van der Waals surface area contributed by atoms with E-state index in [1.165, 1.54) is 10.9 Å². The molecule has 0 aliphatic heterocycles. The fourth-order valence-electron chi connectivity index (χ4n) is 1.78. The second-order valence-electron chi connectivity index (χ2n) is 3.69. The van der Waals surface area contributed by atoms with Gasteiger partial charge in [-0.05, 0) is 0 Å². The van der Waals surface area contributed by atoms with Gasteiger partial charge in [0.25, 0.3) is 0 Å². The van der Waals surface area contributed by atoms with E-state index in [0.29, 0.717) is 25.6 Å². The zero-order chi connectivity index (χ0) is 9.80. The van der Waals surface area contributed by atoms with Crippen LogP contribution in [0.1, 0.15) is 25.7 Å². The first-order valence-corrected chi connectivity index (χ1v) is 6.92. The number of carbonyl (C=O) groups is 1. The first kappa shape index (κ1) is 9.95. The number of ketones is 1. The predicted molar refractivity (Wildman–Crippen MR) is 59.1 cm³/mol. The summed E-state index contributed by atoms with van der Waals surface area (Å²) in [5, 5.41) is 0. The second kappa shape index (κ2) is 4.77. The second-order valence-corrected chi connectivity index (χ2v) is 6.57. The Labute approximate surface area is 91.1 Å². The molecule has 0 aromatic heterocycles. The van der Waals surface area contributed by atoms with Gasteiger partial charge in [0.05, 0.1) is 0 Å². The standard InChI is InChI=1S/C12H14OSe/c13-10-5-4-8-12(9-10)14-11-6-2-1-3-7-11/h1-3,6-7,12H,4-5,8-9H2. The van der Waals surface area contributed by atoms with E-state index in [1.807, 2.05) is 6.07 Å². The topological polar surface area (TPSA) is 17.1 Å². The summed E-state index contributed by atoms with van der Waals surface area (Å²) in [5.41, 5.74) is 0. The van der Waals surface area contributed by atoms with E-state index in [-0.39, 0.29) is 0 Å². The zero-order valence-electron chi connectivity index (χ0n) is 8.11. The molecular formula is C12H14OSe. The fraction of sp³-hybridized carbons (Fsp3) is 0.417. The Morgan fingerprint density at radius 1 is 1.21 bits per heavy atom. The van der Waals surface area contributed by atoms with Crippen LogP contribution in [0, 0.1) is 0 Å². The summed E-state index contributed by atoms with van der Waals surface area (Å²) in [6.07, 6.45) is 4.01. The molecule has 0 saturated heterocycles. The molecule has 1 aromatic rings. The van der Waals surface area contributed by atoms with Gasteiger partial charge in [-0.1, -0.05) is 0 Å². The summed E-state index contributed by atoms with van der Waals surface area (Å²) in [6.45, 7) is 0. The van der Waals surface area contributed by atoms with Gasteiger partial charge in [-0.25, -0.2) is 0 Å². The van der Waals surface area contributed by atoms with Crippen molar-refractivity contribution >= 4 is 25.2 Å². The monoisotopic (exact) mass is 254 g/mol. The summed E-state index contributed by atoms with van der Waals surface area (Å²) in [5.74, 6) is 0.471. The maximum absolute atomic E-state index is 11.3. The average molecular weight is 253 g/mol. The van der Waals surface area contributed by atoms with Gasteiger partial charge in [0, 0.05) is 0 Å². The van der Waals surface area contributed by atoms with Crippen molar-refractivity contribution in [2.75, 3.05) is 0 Å². The molecule has 0 amide bonds. The molecule has 14 heavy (non-hydrogen) atoms. The van der Waals surface area contributed by atoms with Crippen molar-refractivity contribution < 1.29 is 4.79 Å². The minimum absolute atomic E-state index is 0.471. The number of Topliss-reactive ketones (excluding diaryl/α,β-unsaturated/α-hetero) is 1. The Hall–Kier alpha value is -0.591. The summed E-state index contributed by atoms with van der Waals surface area (Å²) >= 11 is 0.497. The SMILES string of the molecule is O=C1CCCC([Se]c2ccccc2)C1. The van der Waals surface area contributed by atoms with Crippen molar-refractivity contribution in [3.63, 3.8) is 0 Å². The summed E-state index contributed by atoms with van der Waals surface area (Å²) in [4.78, 5) is 11.9. The third-order valence-corrected chi connectivity index (χ3v) is 5.17. The van der Waals surface area contributed by atoms with Crippen molar-refractivity contribution in [3.8, 4) is 0 Å². The number of benzene rings is 1. The van der Waals surface area contributed by atoms with E-state index in [4.69, 9.17) is 0 Å². The fourth-order valence-corrected chi connectivity index (χ4v) is 4.41. The van der Waals surface area contributed by atoms with Crippen LogP contribution < -0.4 is 4.46 Å². The molecule has 0 spiro atoms. The third-order valence-electron chi connectivity index (χ3n) is 2.48. The van der Waals surface area contributed by atoms with Crippen molar-refractivity contribution in [3.05, 3.63) is 30.3 Å². The molecule has 0 N–H and O–H groups in total. The van der Waals surface area contributed by atoms with Crippen LogP contribution in [-0.2, 0) is 4.79 Å². The molecule has 1 aliphatic carbocycles. The Morgan fingerprint density at radius 3 is 2.71 bits per heavy atom. The van der Waals surface area contributed by atoms with Gasteiger partial charge in [0.1, 0.15) is 0 Å². The molecule has 2 rings (SSSR count). The number of hydrogen-bond donors (Lipinski definition) is 0. The normalized spacial score (nSPS) is 22.3. The molecule has 1 unspecified atom stereocenters. The van der Waals surface area contributed by atoms with Crippen molar-refractivity contribution in [1.29, 1.82) is 0 Å². The average Bonchev–Trinajstić information content (AvgIpc) is 2.19. The Bertz CT molecular complexity index is 307. The summed E-state index contributed by atoms with van der Waals surface area (Å²) < 4.78 is 1.43. The summed E-state index contributed by atoms with van der Waals surface area (Å²) in [7, 11) is 0. The minimum atomic E-state index is 0.471. The van der Waals surface area contributed by atoms with Crippen LogP contribution in [0.2, 0.25) is 4.82 Å². The molecule has 1 nitrogen and oxygen atoms in total. The van der Waals surface area contributed by atoms with E-state index >= 15 is 0 Å². The van der Waals surface area contributed by atoms with Crippen LogP contribution in [0.15, 0.2) is 30.3 Å². The Balaban J connectivity index is 1.94. The van der Waals surface area contributed by atoms with Gasteiger partial charge >= 0.3 is 90.8 Å². The molecule has 1 aliphatic rings. The van der Waals surface area contributed by atoms with Gasteiger partial charge in [-0.2, -0.15) is 0 Å². The molecule has 74 valence electrons. The van der Waals surface area contributed by atoms with Crippen LogP contribution in [0.25, 0.3) is 0 Å². The van der Waals surface area contributed by atoms with Gasteiger partial charge < -0.3 is 0 Å². The van der Waals surface area contributed by atoms with Crippen LogP contribution in [0.4, 0.5) is 0 Å².